The highest BCUT2D eigenvalue weighted by Crippen LogP contribution is 2.73. The lowest BCUT2D eigenvalue weighted by Crippen LogP contribution is -2.58. The average molecular weight is 473 g/mol. The van der Waals surface area contributed by atoms with Crippen molar-refractivity contribution in [2.45, 2.75) is 130 Å². The molecule has 0 amide bonds. The lowest BCUT2D eigenvalue weighted by molar-refractivity contribution is -0.143. The number of ether oxygens (including phenoxy) is 2. The summed E-state index contributed by atoms with van der Waals surface area (Å²) in [7, 11) is 0. The maximum Gasteiger partial charge on any atom is 0.158 e. The van der Waals surface area contributed by atoms with Crippen LogP contribution in [0.5, 0.6) is 0 Å². The van der Waals surface area contributed by atoms with Crippen LogP contribution in [0.2, 0.25) is 0 Å². The van der Waals surface area contributed by atoms with Crippen molar-refractivity contribution in [1.29, 1.82) is 0 Å². The molecule has 0 aromatic rings. The third-order valence-corrected chi connectivity index (χ3v) is 13.0. The molecule has 2 saturated heterocycles. The summed E-state index contributed by atoms with van der Waals surface area (Å²) >= 11 is 0. The summed E-state index contributed by atoms with van der Waals surface area (Å²) in [5.74, 6) is 1.89. The summed E-state index contributed by atoms with van der Waals surface area (Å²) in [6.07, 6.45) is 11.0. The van der Waals surface area contributed by atoms with Gasteiger partial charge in [0.15, 0.2) is 6.29 Å². The summed E-state index contributed by atoms with van der Waals surface area (Å²) < 4.78 is 12.0. The van der Waals surface area contributed by atoms with Gasteiger partial charge in [-0.05, 0) is 105 Å². The first-order chi connectivity index (χ1) is 15.8. The van der Waals surface area contributed by atoms with Crippen LogP contribution >= 0.6 is 0 Å². The fraction of sp³-hybridized carbons (Fsp3) is 0.933. The van der Waals surface area contributed by atoms with Gasteiger partial charge in [0.1, 0.15) is 6.10 Å². The summed E-state index contributed by atoms with van der Waals surface area (Å²) in [5, 5.41) is 21.9. The molecule has 2 N–H and O–H groups in total. The van der Waals surface area contributed by atoms with Crippen LogP contribution in [0.3, 0.4) is 0 Å². The molecule has 5 unspecified atom stereocenters. The Balaban J connectivity index is 1.29. The zero-order valence-electron chi connectivity index (χ0n) is 22.6. The Morgan fingerprint density at radius 3 is 2.29 bits per heavy atom. The van der Waals surface area contributed by atoms with E-state index in [-0.39, 0.29) is 51.5 Å². The van der Waals surface area contributed by atoms with Gasteiger partial charge in [0.05, 0.1) is 17.8 Å². The van der Waals surface area contributed by atoms with Crippen molar-refractivity contribution in [3.05, 3.63) is 11.6 Å². The molecule has 6 rings (SSSR count). The molecule has 0 aromatic carbocycles. The fourth-order valence-corrected chi connectivity index (χ4v) is 10.5. The first kappa shape index (κ1) is 23.9. The predicted molar refractivity (Wildman–Crippen MR) is 133 cm³/mol. The van der Waals surface area contributed by atoms with Crippen molar-refractivity contribution in [2.24, 2.45) is 45.3 Å². The number of epoxide rings is 1. The van der Waals surface area contributed by atoms with E-state index < -0.39 is 6.29 Å². The quantitative estimate of drug-likeness (QED) is 0.391. The van der Waals surface area contributed by atoms with Crippen LogP contribution in [0.1, 0.15) is 99.8 Å². The Labute approximate surface area is 206 Å². The fourth-order valence-electron chi connectivity index (χ4n) is 10.5. The van der Waals surface area contributed by atoms with Gasteiger partial charge in [-0.2, -0.15) is 0 Å². The van der Waals surface area contributed by atoms with Crippen LogP contribution in [-0.4, -0.2) is 40.4 Å². The molecule has 0 aromatic heterocycles. The van der Waals surface area contributed by atoms with Crippen LogP contribution in [0, 0.1) is 45.3 Å². The minimum atomic E-state index is -0.658. The normalized spacial score (nSPS) is 57.4. The highest BCUT2D eigenvalue weighted by atomic mass is 16.7. The highest BCUT2D eigenvalue weighted by molar-refractivity contribution is 5.33. The van der Waals surface area contributed by atoms with Gasteiger partial charge in [0, 0.05) is 5.92 Å². The van der Waals surface area contributed by atoms with Gasteiger partial charge in [-0.1, -0.05) is 46.3 Å². The number of aliphatic hydroxyl groups excluding tert-OH is 2. The predicted octanol–water partition coefficient (Wildman–Crippen LogP) is 5.85. The van der Waals surface area contributed by atoms with Crippen LogP contribution in [-0.2, 0) is 9.47 Å². The third kappa shape index (κ3) is 2.92. The van der Waals surface area contributed by atoms with Crippen molar-refractivity contribution in [3.63, 3.8) is 0 Å². The van der Waals surface area contributed by atoms with E-state index >= 15 is 0 Å². The molecule has 2 heterocycles. The Hall–Kier alpha value is -0.420. The van der Waals surface area contributed by atoms with Gasteiger partial charge in [0.25, 0.3) is 0 Å². The topological polar surface area (TPSA) is 62.2 Å². The second-order valence-corrected chi connectivity index (χ2v) is 14.9. The van der Waals surface area contributed by atoms with Gasteiger partial charge in [-0.25, -0.2) is 0 Å². The molecular weight excluding hydrogens is 424 g/mol. The van der Waals surface area contributed by atoms with E-state index in [0.717, 1.165) is 25.7 Å². The minimum Gasteiger partial charge on any atom is -0.393 e. The molecule has 5 fully saturated rings. The smallest absolute Gasteiger partial charge is 0.158 e. The van der Waals surface area contributed by atoms with Crippen LogP contribution in [0.15, 0.2) is 11.6 Å². The van der Waals surface area contributed by atoms with Crippen LogP contribution in [0.25, 0.3) is 0 Å². The monoisotopic (exact) mass is 472 g/mol. The Kier molecular flexibility index (Phi) is 5.01. The first-order valence-electron chi connectivity index (χ1n) is 14.2. The molecule has 3 saturated carbocycles. The van der Waals surface area contributed by atoms with E-state index in [1.54, 1.807) is 5.57 Å². The standard InChI is InChI=1S/C30H48O4/c1-26(2)22-9-8-20-19(28(22,5)13-12-23(26)31)11-15-29(6)18(10-14-30(20,29)7)17-16-21(33-25(17)32)24-27(3,4)34-24/h8,17-19,21-25,31-32H,9-16H2,1-7H3/t17-,18-,19?,21+,22?,23-,24?,25?,28+,29?,30+/m0/s1. The van der Waals surface area contributed by atoms with E-state index in [2.05, 4.69) is 54.5 Å². The van der Waals surface area contributed by atoms with Crippen LogP contribution < -0.4 is 0 Å². The number of hydrogen-bond acceptors (Lipinski definition) is 4. The number of aliphatic hydroxyl groups is 2. The SMILES string of the molecule is CC1(C)OC1[C@H]1C[C@@H]([C@@H]2CC[C@]3(C)C4=CCC5C(C)(C)[C@@H](O)CC[C@]5(C)C4CCC23C)C(O)O1. The van der Waals surface area contributed by atoms with Crippen molar-refractivity contribution >= 4 is 0 Å². The summed E-state index contributed by atoms with van der Waals surface area (Å²) in [4.78, 5) is 0. The van der Waals surface area contributed by atoms with Gasteiger partial charge in [0.2, 0.25) is 0 Å². The number of rotatable bonds is 2. The second-order valence-electron chi connectivity index (χ2n) is 14.9. The lowest BCUT2D eigenvalue weighted by atomic mass is 9.41. The lowest BCUT2D eigenvalue weighted by Gasteiger charge is -2.64. The minimum absolute atomic E-state index is 0.0200. The van der Waals surface area contributed by atoms with Crippen molar-refractivity contribution in [3.8, 4) is 0 Å². The molecule has 4 heteroatoms. The van der Waals surface area contributed by atoms with Crippen LogP contribution in [0.4, 0.5) is 0 Å². The molecule has 192 valence electrons. The second kappa shape index (κ2) is 7.11. The molecule has 0 spiro atoms. The van der Waals surface area contributed by atoms with Gasteiger partial charge >= 0.3 is 0 Å². The first-order valence-corrected chi connectivity index (χ1v) is 14.2. The molecule has 0 radical (unpaired) electrons. The number of hydrogen-bond donors (Lipinski definition) is 2. The molecule has 34 heavy (non-hydrogen) atoms. The zero-order valence-corrected chi connectivity index (χ0v) is 22.6. The molecule has 0 bridgehead atoms. The maximum atomic E-state index is 11.0. The van der Waals surface area contributed by atoms with Gasteiger partial charge < -0.3 is 19.7 Å². The Morgan fingerprint density at radius 1 is 0.912 bits per heavy atom. The molecule has 6 aliphatic rings. The van der Waals surface area contributed by atoms with Gasteiger partial charge in [-0.3, -0.25) is 0 Å². The Bertz CT molecular complexity index is 892. The highest BCUT2D eigenvalue weighted by Gasteiger charge is 2.67. The van der Waals surface area contributed by atoms with Crippen molar-refractivity contribution < 1.29 is 19.7 Å². The van der Waals surface area contributed by atoms with E-state index in [9.17, 15) is 10.2 Å². The number of allylic oxidation sites excluding steroid dienone is 2. The van der Waals surface area contributed by atoms with E-state index in [0.29, 0.717) is 17.8 Å². The molecule has 11 atom stereocenters. The summed E-state index contributed by atoms with van der Waals surface area (Å²) in [5.41, 5.74) is 2.28. The van der Waals surface area contributed by atoms with E-state index in [1.807, 2.05) is 0 Å². The molecular formula is C30H48O4. The largest absolute Gasteiger partial charge is 0.393 e. The average Bonchev–Trinajstić information content (AvgIpc) is 3.08. The van der Waals surface area contributed by atoms with Crippen molar-refractivity contribution in [2.75, 3.05) is 0 Å². The third-order valence-electron chi connectivity index (χ3n) is 13.0. The number of fused-ring (bicyclic) bond motifs is 5. The Morgan fingerprint density at radius 2 is 1.62 bits per heavy atom. The van der Waals surface area contributed by atoms with Gasteiger partial charge in [-0.15, -0.1) is 0 Å². The zero-order chi connectivity index (χ0) is 24.5. The van der Waals surface area contributed by atoms with Crippen molar-refractivity contribution in [1.82, 2.24) is 0 Å². The summed E-state index contributed by atoms with van der Waals surface area (Å²) in [6, 6.07) is 0. The summed E-state index contributed by atoms with van der Waals surface area (Å²) in [6.45, 7) is 16.5. The van der Waals surface area contributed by atoms with E-state index in [1.165, 1.54) is 25.7 Å². The molecule has 2 aliphatic heterocycles. The molecule has 4 aliphatic carbocycles. The van der Waals surface area contributed by atoms with E-state index in [4.69, 9.17) is 9.47 Å². The maximum absolute atomic E-state index is 11.0. The molecule has 4 nitrogen and oxygen atoms in total.